The van der Waals surface area contributed by atoms with Gasteiger partial charge in [0.05, 0.1) is 7.11 Å². The molecule has 0 heterocycles. The van der Waals surface area contributed by atoms with E-state index in [1.165, 1.54) is 11.1 Å². The van der Waals surface area contributed by atoms with Gasteiger partial charge >= 0.3 is 0 Å². The molecule has 1 aromatic rings. The predicted octanol–water partition coefficient (Wildman–Crippen LogP) is 3.95. The molecule has 0 fully saturated rings. The topological polar surface area (TPSA) is 9.23 Å². The van der Waals surface area contributed by atoms with Crippen LogP contribution in [0.3, 0.4) is 0 Å². The molecule has 0 aliphatic carbocycles. The maximum atomic E-state index is 5.37. The number of hydrogen-bond donors (Lipinski definition) is 0. The molecule has 0 aromatic heterocycles. The van der Waals surface area contributed by atoms with Crippen LogP contribution >= 0.6 is 0 Å². The summed E-state index contributed by atoms with van der Waals surface area (Å²) in [7, 11) is 1.74. The Morgan fingerprint density at radius 1 is 1.20 bits per heavy atom. The molecule has 15 heavy (non-hydrogen) atoms. The maximum Gasteiger partial charge on any atom is 0.122 e. The summed E-state index contributed by atoms with van der Waals surface area (Å²) in [6, 6.07) is 6.53. The molecule has 0 spiro atoms. The van der Waals surface area contributed by atoms with Crippen molar-refractivity contribution in [3.63, 3.8) is 0 Å². The van der Waals surface area contributed by atoms with Crippen molar-refractivity contribution in [1.82, 2.24) is 0 Å². The summed E-state index contributed by atoms with van der Waals surface area (Å²) in [5.41, 5.74) is 2.92. The van der Waals surface area contributed by atoms with Crippen molar-refractivity contribution in [2.24, 2.45) is 0 Å². The minimum Gasteiger partial charge on any atom is -0.496 e. The number of rotatable bonds is 3. The fourth-order valence-corrected chi connectivity index (χ4v) is 1.71. The Bertz CT molecular complexity index is 321. The smallest absolute Gasteiger partial charge is 0.122 e. The molecule has 1 rings (SSSR count). The van der Waals surface area contributed by atoms with E-state index in [0.717, 1.165) is 18.6 Å². The van der Waals surface area contributed by atoms with Crippen LogP contribution in [-0.2, 0) is 11.8 Å². The monoisotopic (exact) mass is 206 g/mol. The van der Waals surface area contributed by atoms with Gasteiger partial charge in [-0.25, -0.2) is 0 Å². The van der Waals surface area contributed by atoms with E-state index in [2.05, 4.69) is 45.9 Å². The molecular formula is C14H22O. The van der Waals surface area contributed by atoms with Gasteiger partial charge in [0.15, 0.2) is 0 Å². The molecule has 1 heteroatoms. The minimum atomic E-state index is 0.217. The summed E-state index contributed by atoms with van der Waals surface area (Å²) in [5, 5.41) is 0. The first-order valence-corrected chi connectivity index (χ1v) is 5.66. The molecule has 0 unspecified atom stereocenters. The molecule has 84 valence electrons. The second kappa shape index (κ2) is 4.69. The molecule has 0 atom stereocenters. The van der Waals surface area contributed by atoms with Crippen LogP contribution in [-0.4, -0.2) is 7.11 Å². The Hall–Kier alpha value is -0.980. The van der Waals surface area contributed by atoms with Gasteiger partial charge in [0.1, 0.15) is 5.75 Å². The van der Waals surface area contributed by atoms with Gasteiger partial charge in [-0.05, 0) is 29.0 Å². The molecular weight excluding hydrogens is 184 g/mol. The summed E-state index contributed by atoms with van der Waals surface area (Å²) < 4.78 is 5.37. The second-order valence-corrected chi connectivity index (χ2v) is 5.03. The van der Waals surface area contributed by atoms with Gasteiger partial charge in [-0.2, -0.15) is 0 Å². The first-order valence-electron chi connectivity index (χ1n) is 5.66. The number of ether oxygens (including phenoxy) is 1. The largest absolute Gasteiger partial charge is 0.496 e. The van der Waals surface area contributed by atoms with Gasteiger partial charge in [0.25, 0.3) is 0 Å². The summed E-state index contributed by atoms with van der Waals surface area (Å²) in [5.74, 6) is 1.02. The van der Waals surface area contributed by atoms with Gasteiger partial charge < -0.3 is 4.74 Å². The number of methoxy groups -OCH3 is 1. The SMILES string of the molecule is CCCc1cc(C(C)(C)C)ccc1OC. The van der Waals surface area contributed by atoms with Crippen LogP contribution in [0.15, 0.2) is 18.2 Å². The van der Waals surface area contributed by atoms with Crippen molar-refractivity contribution in [2.75, 3.05) is 7.11 Å². The normalized spacial score (nSPS) is 11.5. The molecule has 1 aromatic carbocycles. The van der Waals surface area contributed by atoms with E-state index in [0.29, 0.717) is 0 Å². The molecule has 0 radical (unpaired) electrons. The third-order valence-corrected chi connectivity index (χ3v) is 2.67. The van der Waals surface area contributed by atoms with E-state index >= 15 is 0 Å². The predicted molar refractivity (Wildman–Crippen MR) is 65.7 cm³/mol. The molecule has 1 nitrogen and oxygen atoms in total. The molecule has 0 aliphatic heterocycles. The van der Waals surface area contributed by atoms with Crippen molar-refractivity contribution in [3.8, 4) is 5.75 Å². The van der Waals surface area contributed by atoms with E-state index in [1.807, 2.05) is 0 Å². The van der Waals surface area contributed by atoms with E-state index in [-0.39, 0.29) is 5.41 Å². The highest BCUT2D eigenvalue weighted by Gasteiger charge is 2.15. The van der Waals surface area contributed by atoms with Crippen molar-refractivity contribution < 1.29 is 4.74 Å². The Balaban J connectivity index is 3.10. The van der Waals surface area contributed by atoms with Crippen LogP contribution in [0, 0.1) is 0 Å². The zero-order valence-electron chi connectivity index (χ0n) is 10.6. The number of aryl methyl sites for hydroxylation is 1. The molecule has 0 saturated heterocycles. The summed E-state index contributed by atoms with van der Waals surface area (Å²) in [6.45, 7) is 8.92. The van der Waals surface area contributed by atoms with E-state index in [1.54, 1.807) is 7.11 Å². The van der Waals surface area contributed by atoms with E-state index in [9.17, 15) is 0 Å². The van der Waals surface area contributed by atoms with Crippen molar-refractivity contribution >= 4 is 0 Å². The standard InChI is InChI=1S/C14H22O/c1-6-7-11-10-12(14(2,3)4)8-9-13(11)15-5/h8-10H,6-7H2,1-5H3. The lowest BCUT2D eigenvalue weighted by atomic mass is 9.85. The number of hydrogen-bond acceptors (Lipinski definition) is 1. The fourth-order valence-electron chi connectivity index (χ4n) is 1.71. The zero-order valence-corrected chi connectivity index (χ0v) is 10.6. The molecule has 0 saturated carbocycles. The summed E-state index contributed by atoms with van der Waals surface area (Å²) in [6.07, 6.45) is 2.25. The first kappa shape index (κ1) is 12.1. The van der Waals surface area contributed by atoms with Gasteiger partial charge in [0, 0.05) is 0 Å². The first-order chi connectivity index (χ1) is 6.99. The van der Waals surface area contributed by atoms with Crippen molar-refractivity contribution in [2.45, 2.75) is 46.0 Å². The highest BCUT2D eigenvalue weighted by atomic mass is 16.5. The molecule has 0 amide bonds. The zero-order chi connectivity index (χ0) is 11.5. The highest BCUT2D eigenvalue weighted by molar-refractivity contribution is 5.39. The van der Waals surface area contributed by atoms with Crippen molar-refractivity contribution in [3.05, 3.63) is 29.3 Å². The third kappa shape index (κ3) is 2.98. The van der Waals surface area contributed by atoms with Crippen LogP contribution < -0.4 is 4.74 Å². The molecule has 0 aliphatic rings. The molecule has 0 N–H and O–H groups in total. The fraction of sp³-hybridized carbons (Fsp3) is 0.571. The third-order valence-electron chi connectivity index (χ3n) is 2.67. The Labute approximate surface area is 93.5 Å². The Morgan fingerprint density at radius 3 is 2.33 bits per heavy atom. The van der Waals surface area contributed by atoms with Crippen LogP contribution in [0.5, 0.6) is 5.75 Å². The van der Waals surface area contributed by atoms with Gasteiger partial charge in [-0.1, -0.05) is 46.2 Å². The van der Waals surface area contributed by atoms with E-state index in [4.69, 9.17) is 4.74 Å². The van der Waals surface area contributed by atoms with Gasteiger partial charge in [-0.15, -0.1) is 0 Å². The Morgan fingerprint density at radius 2 is 1.87 bits per heavy atom. The van der Waals surface area contributed by atoms with Crippen LogP contribution in [0.4, 0.5) is 0 Å². The second-order valence-electron chi connectivity index (χ2n) is 5.03. The van der Waals surface area contributed by atoms with Crippen LogP contribution in [0.1, 0.15) is 45.2 Å². The lowest BCUT2D eigenvalue weighted by Gasteiger charge is -2.21. The lowest BCUT2D eigenvalue weighted by molar-refractivity contribution is 0.408. The van der Waals surface area contributed by atoms with Crippen molar-refractivity contribution in [1.29, 1.82) is 0 Å². The average molecular weight is 206 g/mol. The average Bonchev–Trinajstić information content (AvgIpc) is 2.17. The van der Waals surface area contributed by atoms with Crippen LogP contribution in [0.25, 0.3) is 0 Å². The van der Waals surface area contributed by atoms with Crippen LogP contribution in [0.2, 0.25) is 0 Å². The number of benzene rings is 1. The Kier molecular flexibility index (Phi) is 3.78. The van der Waals surface area contributed by atoms with Gasteiger partial charge in [0.2, 0.25) is 0 Å². The lowest BCUT2D eigenvalue weighted by Crippen LogP contribution is -2.11. The minimum absolute atomic E-state index is 0.217. The highest BCUT2D eigenvalue weighted by Crippen LogP contribution is 2.28. The maximum absolute atomic E-state index is 5.37. The summed E-state index contributed by atoms with van der Waals surface area (Å²) >= 11 is 0. The van der Waals surface area contributed by atoms with E-state index < -0.39 is 0 Å². The molecule has 0 bridgehead atoms. The quantitative estimate of drug-likeness (QED) is 0.727. The summed E-state index contributed by atoms with van der Waals surface area (Å²) in [4.78, 5) is 0. The van der Waals surface area contributed by atoms with Gasteiger partial charge in [-0.3, -0.25) is 0 Å².